The molecule has 1 aliphatic heterocycles. The van der Waals surface area contributed by atoms with E-state index in [1.54, 1.807) is 0 Å². The lowest BCUT2D eigenvalue weighted by Gasteiger charge is -2.21. The average Bonchev–Trinajstić information content (AvgIpc) is 2.44. The summed E-state index contributed by atoms with van der Waals surface area (Å²) < 4.78 is 0. The fraction of sp³-hybridized carbons (Fsp3) is 1.00. The molecule has 0 aromatic carbocycles. The highest BCUT2D eigenvalue weighted by molar-refractivity contribution is 4.72. The molecule has 1 fully saturated rings. The molecule has 1 atom stereocenters. The minimum absolute atomic E-state index is 0.874. The van der Waals surface area contributed by atoms with Crippen LogP contribution in [-0.2, 0) is 0 Å². The zero-order chi connectivity index (χ0) is 11.1. The van der Waals surface area contributed by atoms with Crippen LogP contribution in [0.25, 0.3) is 0 Å². The maximum atomic E-state index is 3.41. The van der Waals surface area contributed by atoms with Crippen LogP contribution in [0.1, 0.15) is 40.0 Å². The van der Waals surface area contributed by atoms with Crippen LogP contribution in [0.4, 0.5) is 0 Å². The van der Waals surface area contributed by atoms with Gasteiger partial charge in [0.25, 0.3) is 0 Å². The lowest BCUT2D eigenvalue weighted by molar-refractivity contribution is 0.272. The molecule has 15 heavy (non-hydrogen) atoms. The molecule has 0 bridgehead atoms. The van der Waals surface area contributed by atoms with E-state index in [0.717, 1.165) is 24.9 Å². The Labute approximate surface area is 95.4 Å². The highest BCUT2D eigenvalue weighted by Crippen LogP contribution is 2.24. The number of rotatable bonds is 5. The summed E-state index contributed by atoms with van der Waals surface area (Å²) in [6, 6.07) is 0. The fourth-order valence-corrected chi connectivity index (χ4v) is 2.49. The van der Waals surface area contributed by atoms with Gasteiger partial charge in [-0.25, -0.2) is 0 Å². The summed E-state index contributed by atoms with van der Waals surface area (Å²) in [6.45, 7) is 13.0. The third-order valence-corrected chi connectivity index (χ3v) is 3.66. The summed E-state index contributed by atoms with van der Waals surface area (Å²) in [4.78, 5) is 2.63. The van der Waals surface area contributed by atoms with Crippen LogP contribution in [0.15, 0.2) is 0 Å². The summed E-state index contributed by atoms with van der Waals surface area (Å²) in [6.07, 6.45) is 4.24. The van der Waals surface area contributed by atoms with Crippen LogP contribution in [-0.4, -0.2) is 37.6 Å². The van der Waals surface area contributed by atoms with Gasteiger partial charge in [0.2, 0.25) is 0 Å². The van der Waals surface area contributed by atoms with Crippen LogP contribution in [0.5, 0.6) is 0 Å². The molecule has 0 radical (unpaired) electrons. The SMILES string of the molecule is CCNCCN1CCCC(C(C)C)CC1. The van der Waals surface area contributed by atoms with Crippen LogP contribution in [0.3, 0.4) is 0 Å². The van der Waals surface area contributed by atoms with E-state index in [-0.39, 0.29) is 0 Å². The second-order valence-electron chi connectivity index (χ2n) is 5.13. The summed E-state index contributed by atoms with van der Waals surface area (Å²) in [5, 5.41) is 3.41. The molecule has 0 saturated carbocycles. The number of hydrogen-bond acceptors (Lipinski definition) is 2. The second-order valence-corrected chi connectivity index (χ2v) is 5.13. The molecule has 1 N–H and O–H groups in total. The zero-order valence-corrected chi connectivity index (χ0v) is 10.8. The van der Waals surface area contributed by atoms with Gasteiger partial charge >= 0.3 is 0 Å². The molecule has 1 aliphatic rings. The smallest absolute Gasteiger partial charge is 0.0107 e. The van der Waals surface area contributed by atoms with Crippen molar-refractivity contribution in [2.24, 2.45) is 11.8 Å². The molecule has 0 aliphatic carbocycles. The molecule has 0 aromatic rings. The quantitative estimate of drug-likeness (QED) is 0.704. The third-order valence-electron chi connectivity index (χ3n) is 3.66. The first-order valence-electron chi connectivity index (χ1n) is 6.67. The van der Waals surface area contributed by atoms with Gasteiger partial charge < -0.3 is 10.2 Å². The van der Waals surface area contributed by atoms with Gasteiger partial charge in [-0.3, -0.25) is 0 Å². The van der Waals surface area contributed by atoms with Crippen molar-refractivity contribution in [3.8, 4) is 0 Å². The predicted molar refractivity (Wildman–Crippen MR) is 67.2 cm³/mol. The number of likely N-dealkylation sites (N-methyl/N-ethyl adjacent to an activating group) is 1. The van der Waals surface area contributed by atoms with E-state index in [2.05, 4.69) is 31.0 Å². The Balaban J connectivity index is 2.20. The van der Waals surface area contributed by atoms with Crippen molar-refractivity contribution in [3.05, 3.63) is 0 Å². The molecule has 0 spiro atoms. The van der Waals surface area contributed by atoms with Crippen molar-refractivity contribution in [3.63, 3.8) is 0 Å². The standard InChI is InChI=1S/C13H28N2/c1-4-14-8-11-15-9-5-6-13(7-10-15)12(2)3/h12-14H,4-11H2,1-3H3. The Bertz CT molecular complexity index is 157. The van der Waals surface area contributed by atoms with Gasteiger partial charge in [-0.2, -0.15) is 0 Å². The normalized spacial score (nSPS) is 24.4. The molecule has 0 aromatic heterocycles. The van der Waals surface area contributed by atoms with Crippen molar-refractivity contribution in [1.82, 2.24) is 10.2 Å². The molecule has 1 saturated heterocycles. The third kappa shape index (κ3) is 4.98. The van der Waals surface area contributed by atoms with Crippen molar-refractivity contribution in [2.45, 2.75) is 40.0 Å². The number of likely N-dealkylation sites (tertiary alicyclic amines) is 1. The number of nitrogens with zero attached hydrogens (tertiary/aromatic N) is 1. The second kappa shape index (κ2) is 7.24. The topological polar surface area (TPSA) is 15.3 Å². The van der Waals surface area contributed by atoms with Crippen LogP contribution in [0, 0.1) is 11.8 Å². The van der Waals surface area contributed by atoms with Crippen LogP contribution in [0.2, 0.25) is 0 Å². The molecular weight excluding hydrogens is 184 g/mol. The van der Waals surface area contributed by atoms with Gasteiger partial charge in [0.15, 0.2) is 0 Å². The maximum absolute atomic E-state index is 3.41. The first kappa shape index (κ1) is 13.0. The minimum Gasteiger partial charge on any atom is -0.316 e. The number of nitrogens with one attached hydrogen (secondary N) is 1. The Morgan fingerprint density at radius 2 is 2.07 bits per heavy atom. The summed E-state index contributed by atoms with van der Waals surface area (Å²) in [5.41, 5.74) is 0. The minimum atomic E-state index is 0.874. The summed E-state index contributed by atoms with van der Waals surface area (Å²) >= 11 is 0. The molecule has 2 heteroatoms. The largest absolute Gasteiger partial charge is 0.316 e. The van der Waals surface area contributed by atoms with E-state index in [0.29, 0.717) is 0 Å². The Hall–Kier alpha value is -0.0800. The van der Waals surface area contributed by atoms with Gasteiger partial charge in [0, 0.05) is 13.1 Å². The van der Waals surface area contributed by atoms with Gasteiger partial charge in [-0.05, 0) is 50.7 Å². The van der Waals surface area contributed by atoms with Crippen molar-refractivity contribution < 1.29 is 0 Å². The zero-order valence-electron chi connectivity index (χ0n) is 10.8. The Kier molecular flexibility index (Phi) is 6.26. The molecule has 0 amide bonds. The lowest BCUT2D eigenvalue weighted by atomic mass is 9.89. The van der Waals surface area contributed by atoms with Crippen LogP contribution < -0.4 is 5.32 Å². The van der Waals surface area contributed by atoms with Gasteiger partial charge in [0.1, 0.15) is 0 Å². The van der Waals surface area contributed by atoms with Crippen molar-refractivity contribution in [2.75, 3.05) is 32.7 Å². The summed E-state index contributed by atoms with van der Waals surface area (Å²) in [5.74, 6) is 1.84. The van der Waals surface area contributed by atoms with E-state index < -0.39 is 0 Å². The highest BCUT2D eigenvalue weighted by Gasteiger charge is 2.18. The molecule has 2 nitrogen and oxygen atoms in total. The van der Waals surface area contributed by atoms with Crippen molar-refractivity contribution in [1.29, 1.82) is 0 Å². The first-order chi connectivity index (χ1) is 7.24. The van der Waals surface area contributed by atoms with Crippen LogP contribution >= 0.6 is 0 Å². The Morgan fingerprint density at radius 1 is 1.27 bits per heavy atom. The monoisotopic (exact) mass is 212 g/mol. The molecule has 1 unspecified atom stereocenters. The maximum Gasteiger partial charge on any atom is 0.0107 e. The van der Waals surface area contributed by atoms with E-state index in [9.17, 15) is 0 Å². The van der Waals surface area contributed by atoms with E-state index in [1.807, 2.05) is 0 Å². The highest BCUT2D eigenvalue weighted by atomic mass is 15.1. The van der Waals surface area contributed by atoms with E-state index >= 15 is 0 Å². The lowest BCUT2D eigenvalue weighted by Crippen LogP contribution is -2.33. The molecule has 1 heterocycles. The van der Waals surface area contributed by atoms with Gasteiger partial charge in [0.05, 0.1) is 0 Å². The van der Waals surface area contributed by atoms with E-state index in [4.69, 9.17) is 0 Å². The predicted octanol–water partition coefficient (Wildman–Crippen LogP) is 2.35. The van der Waals surface area contributed by atoms with Gasteiger partial charge in [-0.15, -0.1) is 0 Å². The first-order valence-corrected chi connectivity index (χ1v) is 6.67. The van der Waals surface area contributed by atoms with E-state index in [1.165, 1.54) is 38.9 Å². The van der Waals surface area contributed by atoms with Gasteiger partial charge in [-0.1, -0.05) is 20.8 Å². The summed E-state index contributed by atoms with van der Waals surface area (Å²) in [7, 11) is 0. The average molecular weight is 212 g/mol. The fourth-order valence-electron chi connectivity index (χ4n) is 2.49. The molecule has 90 valence electrons. The Morgan fingerprint density at radius 3 is 2.73 bits per heavy atom. The number of hydrogen-bond donors (Lipinski definition) is 1. The molecular formula is C13H28N2. The molecule has 1 rings (SSSR count). The van der Waals surface area contributed by atoms with Crippen molar-refractivity contribution >= 4 is 0 Å².